The maximum Gasteiger partial charge on any atom is 0.0717 e. The fourth-order valence-corrected chi connectivity index (χ4v) is 10.4. The lowest BCUT2D eigenvalue weighted by molar-refractivity contribution is 0.576. The van der Waals surface area contributed by atoms with Crippen molar-refractivity contribution in [2.75, 3.05) is 11.4 Å². The number of allylic oxidation sites excluding steroid dienone is 14. The summed E-state index contributed by atoms with van der Waals surface area (Å²) in [6.45, 7) is 32.3. The number of hydrogen-bond donors (Lipinski definition) is 0. The molecule has 0 N–H and O–H groups in total. The Labute approximate surface area is 413 Å². The average Bonchev–Trinajstić information content (AvgIpc) is 3.72. The summed E-state index contributed by atoms with van der Waals surface area (Å²) < 4.78 is 2.47. The predicted molar refractivity (Wildman–Crippen MR) is 302 cm³/mol. The zero-order chi connectivity index (χ0) is 49.1. The van der Waals surface area contributed by atoms with E-state index in [0.29, 0.717) is 6.54 Å². The number of anilines is 1. The van der Waals surface area contributed by atoms with Gasteiger partial charge in [-0.3, -0.25) is 9.98 Å². The normalized spacial score (nSPS) is 18.0. The van der Waals surface area contributed by atoms with Gasteiger partial charge in [0.1, 0.15) is 0 Å². The monoisotopic (exact) mass is 909 g/mol. The van der Waals surface area contributed by atoms with Crippen LogP contribution in [0.1, 0.15) is 115 Å². The van der Waals surface area contributed by atoms with Gasteiger partial charge in [-0.1, -0.05) is 162 Å². The molecule has 3 aromatic carbocycles. The molecule has 1 unspecified atom stereocenters. The molecule has 0 fully saturated rings. The molecule has 1 atom stereocenters. The molecule has 0 saturated heterocycles. The lowest BCUT2D eigenvalue weighted by Gasteiger charge is -2.47. The Morgan fingerprint density at radius 2 is 1.71 bits per heavy atom. The molecular formula is C65H72N4. The van der Waals surface area contributed by atoms with Crippen molar-refractivity contribution in [3.8, 4) is 5.69 Å². The number of aromatic nitrogens is 1. The highest BCUT2D eigenvalue weighted by molar-refractivity contribution is 6.14. The van der Waals surface area contributed by atoms with Gasteiger partial charge in [-0.15, -0.1) is 6.58 Å². The van der Waals surface area contributed by atoms with Crippen LogP contribution in [0.4, 0.5) is 5.69 Å². The third kappa shape index (κ3) is 10.2. The van der Waals surface area contributed by atoms with Gasteiger partial charge in [0.05, 0.1) is 29.3 Å². The molecule has 0 bridgehead atoms. The van der Waals surface area contributed by atoms with E-state index in [2.05, 4.69) is 214 Å². The minimum Gasteiger partial charge on any atom is -0.337 e. The Hall–Kier alpha value is -7.04. The number of aliphatic imine (C=N–C) groups is 2. The largest absolute Gasteiger partial charge is 0.337 e. The Balaban J connectivity index is 0.00000347. The second-order valence-electron chi connectivity index (χ2n) is 18.3. The summed E-state index contributed by atoms with van der Waals surface area (Å²) in [4.78, 5) is 12.4. The van der Waals surface area contributed by atoms with E-state index in [9.17, 15) is 0 Å². The Morgan fingerprint density at radius 1 is 0.899 bits per heavy atom. The lowest BCUT2D eigenvalue weighted by atomic mass is 9.70. The minimum absolute atomic E-state index is 0.150. The number of nitrogens with zero attached hydrogens (tertiary/aromatic N) is 4. The van der Waals surface area contributed by atoms with Crippen LogP contribution in [-0.2, 0) is 11.8 Å². The molecule has 0 radical (unpaired) electrons. The van der Waals surface area contributed by atoms with E-state index >= 15 is 0 Å². The smallest absolute Gasteiger partial charge is 0.0717 e. The van der Waals surface area contributed by atoms with Crippen LogP contribution in [-0.4, -0.2) is 29.6 Å². The molecule has 69 heavy (non-hydrogen) atoms. The molecule has 2 heterocycles. The minimum atomic E-state index is -0.150. The topological polar surface area (TPSA) is 32.9 Å². The summed E-state index contributed by atoms with van der Waals surface area (Å²) in [5.41, 5.74) is 16.5. The second-order valence-corrected chi connectivity index (χ2v) is 18.3. The maximum absolute atomic E-state index is 5.15. The van der Waals surface area contributed by atoms with Gasteiger partial charge in [0.15, 0.2) is 0 Å². The van der Waals surface area contributed by atoms with Crippen molar-refractivity contribution < 1.29 is 0 Å². The van der Waals surface area contributed by atoms with Crippen LogP contribution in [0.2, 0.25) is 0 Å². The number of benzene rings is 3. The Morgan fingerprint density at radius 3 is 2.42 bits per heavy atom. The summed E-state index contributed by atoms with van der Waals surface area (Å²) in [7, 11) is 0. The van der Waals surface area contributed by atoms with Gasteiger partial charge >= 0.3 is 0 Å². The molecular weight excluding hydrogens is 837 g/mol. The number of hydrogen-bond acceptors (Lipinski definition) is 3. The van der Waals surface area contributed by atoms with E-state index in [1.807, 2.05) is 26.8 Å². The second kappa shape index (κ2) is 22.8. The first-order valence-electron chi connectivity index (χ1n) is 25.1. The van der Waals surface area contributed by atoms with Gasteiger partial charge in [0.25, 0.3) is 0 Å². The summed E-state index contributed by atoms with van der Waals surface area (Å²) >= 11 is 0. The van der Waals surface area contributed by atoms with Gasteiger partial charge in [-0.2, -0.15) is 0 Å². The zero-order valence-corrected chi connectivity index (χ0v) is 42.4. The fourth-order valence-electron chi connectivity index (χ4n) is 10.4. The number of rotatable bonds is 14. The van der Waals surface area contributed by atoms with Crippen molar-refractivity contribution in [3.63, 3.8) is 0 Å². The third-order valence-corrected chi connectivity index (χ3v) is 13.8. The van der Waals surface area contributed by atoms with Gasteiger partial charge in [-0.05, 0) is 153 Å². The van der Waals surface area contributed by atoms with Crippen LogP contribution in [0.3, 0.4) is 0 Å². The van der Waals surface area contributed by atoms with E-state index in [0.717, 1.165) is 94.5 Å². The molecule has 3 aliphatic carbocycles. The summed E-state index contributed by atoms with van der Waals surface area (Å²) in [6.07, 6.45) is 39.5. The van der Waals surface area contributed by atoms with Crippen LogP contribution >= 0.6 is 0 Å². The van der Waals surface area contributed by atoms with Crippen molar-refractivity contribution in [2.45, 2.75) is 105 Å². The molecule has 0 saturated carbocycles. The van der Waals surface area contributed by atoms with E-state index in [-0.39, 0.29) is 11.5 Å². The molecule has 0 amide bonds. The van der Waals surface area contributed by atoms with E-state index < -0.39 is 0 Å². The fraction of sp³-hybridized carbons (Fsp3) is 0.262. The Kier molecular flexibility index (Phi) is 16.5. The molecule has 8 rings (SSSR count). The van der Waals surface area contributed by atoms with Crippen LogP contribution in [0.25, 0.3) is 35.7 Å². The van der Waals surface area contributed by atoms with Gasteiger partial charge in [0.2, 0.25) is 0 Å². The summed E-state index contributed by atoms with van der Waals surface area (Å²) in [5.74, 6) is 0. The molecule has 4 heteroatoms. The molecule has 4 aromatic rings. The van der Waals surface area contributed by atoms with E-state index in [1.165, 1.54) is 50.1 Å². The van der Waals surface area contributed by atoms with Crippen molar-refractivity contribution in [3.05, 3.63) is 230 Å². The highest BCUT2D eigenvalue weighted by Crippen LogP contribution is 2.50. The first kappa shape index (κ1) is 49.9. The summed E-state index contributed by atoms with van der Waals surface area (Å²) in [5, 5.41) is 4.52. The number of fused-ring (bicyclic) bond motifs is 2. The quantitative estimate of drug-likeness (QED) is 0.0705. The van der Waals surface area contributed by atoms with Crippen molar-refractivity contribution in [1.29, 1.82) is 0 Å². The highest BCUT2D eigenvalue weighted by Gasteiger charge is 2.40. The van der Waals surface area contributed by atoms with E-state index in [4.69, 9.17) is 4.99 Å². The lowest BCUT2D eigenvalue weighted by Crippen LogP contribution is -2.42. The van der Waals surface area contributed by atoms with Crippen LogP contribution in [0.5, 0.6) is 0 Å². The van der Waals surface area contributed by atoms with E-state index in [1.54, 1.807) is 6.08 Å². The van der Waals surface area contributed by atoms with Crippen molar-refractivity contribution in [1.82, 2.24) is 4.57 Å². The first-order chi connectivity index (χ1) is 33.7. The first-order valence-corrected chi connectivity index (χ1v) is 25.1. The standard InChI is InChI=1S/C63H66N4.C2H6/c1-10-15-27-45(13-4)43-65-57(46-28-17-16-18-29-46)42-56(64-9)49-30-23-31-51(39-49)67-58(14-5)62(52-32-20-19-26-44(52)6)53-40-47(35-37-59(53)67)48-36-38-61-55(41-48)63(7,8)54-33-21-22-34-60(54)66(61)50(24-11-2)25-12-3;1-2/h10-15,17,19-21,23,25-33,36,38-42,50H,1-2,6,9,16,18,22,24,34-35,37,43H2,3-5,7-8H3;1-2H3/b25-12-,27-15-,45-13+,56-42-,58-14+,62-52-,65-57?;. The van der Waals surface area contributed by atoms with Crippen LogP contribution in [0.15, 0.2) is 191 Å². The van der Waals surface area contributed by atoms with Gasteiger partial charge in [-0.25, -0.2) is 0 Å². The highest BCUT2D eigenvalue weighted by atomic mass is 15.2. The molecule has 1 aromatic heterocycles. The SMILES string of the molecule is C=C/C=C\C(=C/C)CN=C(/C=C(\N=C)c1cccc(-n2c3c(c(=c4\ccccc4=C)/c2=C\C)C=C(c2ccc4c(c2)C(C)(C)C2=C(CCC=C2)N4C(/C=C\C)CC=C)CC3)c1)C1=CCCC=C1.CC. The Bertz CT molecular complexity index is 3160. The van der Waals surface area contributed by atoms with Crippen molar-refractivity contribution >= 4 is 48.1 Å². The molecule has 352 valence electrons. The predicted octanol–water partition coefficient (Wildman–Crippen LogP) is 15.2. The third-order valence-electron chi connectivity index (χ3n) is 13.8. The van der Waals surface area contributed by atoms with Gasteiger partial charge in [0, 0.05) is 44.5 Å². The molecule has 1 aliphatic heterocycles. The summed E-state index contributed by atoms with van der Waals surface area (Å²) in [6, 6.07) is 24.8. The molecule has 0 spiro atoms. The molecule has 4 nitrogen and oxygen atoms in total. The van der Waals surface area contributed by atoms with Crippen LogP contribution < -0.4 is 15.5 Å². The average molecular weight is 909 g/mol. The van der Waals surface area contributed by atoms with Crippen LogP contribution in [0, 0.1) is 10.4 Å². The van der Waals surface area contributed by atoms with Gasteiger partial charge < -0.3 is 9.47 Å². The zero-order valence-electron chi connectivity index (χ0n) is 42.4. The van der Waals surface area contributed by atoms with Crippen molar-refractivity contribution in [2.24, 2.45) is 9.98 Å². The maximum atomic E-state index is 5.15. The molecule has 4 aliphatic rings.